The van der Waals surface area contributed by atoms with E-state index in [2.05, 4.69) is 5.32 Å². The summed E-state index contributed by atoms with van der Waals surface area (Å²) < 4.78 is 31.5. The van der Waals surface area contributed by atoms with Crippen molar-refractivity contribution in [2.75, 3.05) is 24.2 Å². The Kier molecular flexibility index (Phi) is 10.1. The molecule has 0 heterocycles. The standard InChI is InChI=1S/C26H37N3O5S/c1-7-20(4)27-26(31)24(8-2)28(17-21-11-9-19(3)10-12-21)25(30)18-29(35(6,32)33)22-13-15-23(34-5)16-14-22/h9-16,20,24H,7-8,17-18H2,1-6H3,(H,27,31)/t20-,24-/m1/s1. The van der Waals surface area contributed by atoms with Crippen molar-refractivity contribution in [2.45, 2.75) is 59.2 Å². The van der Waals surface area contributed by atoms with Gasteiger partial charge in [0.2, 0.25) is 21.8 Å². The molecule has 0 aromatic heterocycles. The highest BCUT2D eigenvalue weighted by Gasteiger charge is 2.32. The first-order valence-electron chi connectivity index (χ1n) is 11.8. The van der Waals surface area contributed by atoms with Crippen molar-refractivity contribution in [1.82, 2.24) is 10.2 Å². The minimum Gasteiger partial charge on any atom is -0.497 e. The van der Waals surface area contributed by atoms with Gasteiger partial charge in [-0.1, -0.05) is 43.7 Å². The molecule has 0 bridgehead atoms. The molecule has 192 valence electrons. The van der Waals surface area contributed by atoms with Crippen molar-refractivity contribution in [1.29, 1.82) is 0 Å². The lowest BCUT2D eigenvalue weighted by atomic mass is 10.1. The number of hydrogen-bond acceptors (Lipinski definition) is 5. The smallest absolute Gasteiger partial charge is 0.244 e. The van der Waals surface area contributed by atoms with Gasteiger partial charge in [0, 0.05) is 12.6 Å². The molecule has 8 nitrogen and oxygen atoms in total. The van der Waals surface area contributed by atoms with Crippen LogP contribution in [0.25, 0.3) is 0 Å². The number of methoxy groups -OCH3 is 1. The molecule has 0 fully saturated rings. The minimum absolute atomic E-state index is 0.0419. The van der Waals surface area contributed by atoms with E-state index in [1.54, 1.807) is 24.3 Å². The number of carbonyl (C=O) groups is 2. The lowest BCUT2D eigenvalue weighted by Gasteiger charge is -2.33. The maximum Gasteiger partial charge on any atom is 0.244 e. The molecule has 2 amide bonds. The summed E-state index contributed by atoms with van der Waals surface area (Å²) in [7, 11) is -2.26. The normalized spacial score (nSPS) is 13.0. The SMILES string of the molecule is CC[C@@H](C)NC(=O)[C@@H](CC)N(Cc1ccc(C)cc1)C(=O)CN(c1ccc(OC)cc1)S(C)(=O)=O. The van der Waals surface area contributed by atoms with Crippen LogP contribution in [0.15, 0.2) is 48.5 Å². The van der Waals surface area contributed by atoms with Crippen LogP contribution in [0.1, 0.15) is 44.7 Å². The van der Waals surface area contributed by atoms with Gasteiger partial charge < -0.3 is 15.0 Å². The number of hydrogen-bond donors (Lipinski definition) is 1. The molecule has 9 heteroatoms. The Labute approximate surface area is 209 Å². The van der Waals surface area contributed by atoms with Crippen LogP contribution >= 0.6 is 0 Å². The van der Waals surface area contributed by atoms with E-state index in [-0.39, 0.29) is 18.5 Å². The Morgan fingerprint density at radius 1 is 1.00 bits per heavy atom. The predicted molar refractivity (Wildman–Crippen MR) is 139 cm³/mol. The first kappa shape index (κ1) is 28.2. The number of rotatable bonds is 12. The average Bonchev–Trinajstić information content (AvgIpc) is 2.82. The van der Waals surface area contributed by atoms with Gasteiger partial charge in [0.05, 0.1) is 19.1 Å². The summed E-state index contributed by atoms with van der Waals surface area (Å²) >= 11 is 0. The van der Waals surface area contributed by atoms with Crippen molar-refractivity contribution >= 4 is 27.5 Å². The fraction of sp³-hybridized carbons (Fsp3) is 0.462. The van der Waals surface area contributed by atoms with Gasteiger partial charge in [-0.3, -0.25) is 13.9 Å². The van der Waals surface area contributed by atoms with Crippen LogP contribution in [-0.4, -0.2) is 57.1 Å². The highest BCUT2D eigenvalue weighted by molar-refractivity contribution is 7.92. The number of nitrogens with one attached hydrogen (secondary N) is 1. The summed E-state index contributed by atoms with van der Waals surface area (Å²) in [6, 6.07) is 13.4. The zero-order valence-corrected chi connectivity index (χ0v) is 22.3. The second-order valence-electron chi connectivity index (χ2n) is 8.72. The number of sulfonamides is 1. The maximum atomic E-state index is 13.6. The summed E-state index contributed by atoms with van der Waals surface area (Å²) in [6.07, 6.45) is 2.20. The molecule has 0 aliphatic carbocycles. The van der Waals surface area contributed by atoms with Gasteiger partial charge in [0.15, 0.2) is 0 Å². The largest absolute Gasteiger partial charge is 0.497 e. The van der Waals surface area contributed by atoms with Crippen LogP contribution in [0.2, 0.25) is 0 Å². The highest BCUT2D eigenvalue weighted by Crippen LogP contribution is 2.22. The number of anilines is 1. The number of benzene rings is 2. The van der Waals surface area contributed by atoms with E-state index in [0.717, 1.165) is 28.1 Å². The second-order valence-corrected chi connectivity index (χ2v) is 10.6. The van der Waals surface area contributed by atoms with E-state index >= 15 is 0 Å². The Balaban J connectivity index is 2.42. The fourth-order valence-corrected chi connectivity index (χ4v) is 4.46. The Hall–Kier alpha value is -3.07. The maximum absolute atomic E-state index is 13.6. The molecule has 2 aromatic rings. The molecule has 0 aliphatic rings. The Morgan fingerprint density at radius 3 is 2.09 bits per heavy atom. The third kappa shape index (κ3) is 7.99. The van der Waals surface area contributed by atoms with Gasteiger partial charge in [0.25, 0.3) is 0 Å². The van der Waals surface area contributed by atoms with Crippen LogP contribution in [-0.2, 0) is 26.2 Å². The molecular weight excluding hydrogens is 466 g/mol. The summed E-state index contributed by atoms with van der Waals surface area (Å²) in [4.78, 5) is 28.2. The van der Waals surface area contributed by atoms with E-state index < -0.39 is 28.5 Å². The topological polar surface area (TPSA) is 96.0 Å². The molecule has 0 saturated carbocycles. The molecule has 2 aromatic carbocycles. The molecule has 0 aliphatic heterocycles. The van der Waals surface area contributed by atoms with Crippen molar-refractivity contribution in [3.63, 3.8) is 0 Å². The lowest BCUT2D eigenvalue weighted by Crippen LogP contribution is -2.53. The summed E-state index contributed by atoms with van der Waals surface area (Å²) in [6.45, 7) is 7.45. The third-order valence-corrected chi connectivity index (χ3v) is 7.04. The summed E-state index contributed by atoms with van der Waals surface area (Å²) in [5.41, 5.74) is 2.28. The van der Waals surface area contributed by atoms with Crippen molar-refractivity contribution in [2.24, 2.45) is 0 Å². The van der Waals surface area contributed by atoms with E-state index in [4.69, 9.17) is 4.74 Å². The van der Waals surface area contributed by atoms with Gasteiger partial charge in [-0.15, -0.1) is 0 Å². The molecular formula is C26H37N3O5S. The van der Waals surface area contributed by atoms with Crippen LogP contribution in [0.5, 0.6) is 5.75 Å². The Morgan fingerprint density at radius 2 is 1.60 bits per heavy atom. The van der Waals surface area contributed by atoms with Crippen molar-refractivity contribution < 1.29 is 22.7 Å². The second kappa shape index (κ2) is 12.6. The quantitative estimate of drug-likeness (QED) is 0.478. The van der Waals surface area contributed by atoms with Crippen LogP contribution in [0, 0.1) is 6.92 Å². The molecule has 2 atom stereocenters. The number of amides is 2. The molecule has 0 unspecified atom stereocenters. The predicted octanol–water partition coefficient (Wildman–Crippen LogP) is 3.49. The molecule has 1 N–H and O–H groups in total. The van der Waals surface area contributed by atoms with Crippen LogP contribution in [0.3, 0.4) is 0 Å². The van der Waals surface area contributed by atoms with E-state index in [9.17, 15) is 18.0 Å². The van der Waals surface area contributed by atoms with E-state index in [1.807, 2.05) is 52.0 Å². The minimum atomic E-state index is -3.78. The third-order valence-electron chi connectivity index (χ3n) is 5.90. The number of aryl methyl sites for hydroxylation is 1. The molecule has 0 radical (unpaired) electrons. The van der Waals surface area contributed by atoms with Gasteiger partial charge >= 0.3 is 0 Å². The van der Waals surface area contributed by atoms with Gasteiger partial charge in [0.1, 0.15) is 18.3 Å². The van der Waals surface area contributed by atoms with Crippen LogP contribution < -0.4 is 14.4 Å². The number of ether oxygens (including phenoxy) is 1. The van der Waals surface area contributed by atoms with Crippen molar-refractivity contribution in [3.8, 4) is 5.75 Å². The number of nitrogens with zero attached hydrogens (tertiary/aromatic N) is 2. The van der Waals surface area contributed by atoms with Gasteiger partial charge in [-0.05, 0) is 56.5 Å². The number of carbonyl (C=O) groups excluding carboxylic acids is 2. The first-order valence-corrected chi connectivity index (χ1v) is 13.6. The molecule has 35 heavy (non-hydrogen) atoms. The van der Waals surface area contributed by atoms with Crippen molar-refractivity contribution in [3.05, 3.63) is 59.7 Å². The van der Waals surface area contributed by atoms with Crippen LogP contribution in [0.4, 0.5) is 5.69 Å². The summed E-state index contributed by atoms with van der Waals surface area (Å²) in [5.74, 6) is -0.141. The van der Waals surface area contributed by atoms with Gasteiger partial charge in [-0.25, -0.2) is 8.42 Å². The zero-order chi connectivity index (χ0) is 26.2. The van der Waals surface area contributed by atoms with E-state index in [0.29, 0.717) is 17.9 Å². The van der Waals surface area contributed by atoms with E-state index in [1.165, 1.54) is 12.0 Å². The van der Waals surface area contributed by atoms with Gasteiger partial charge in [-0.2, -0.15) is 0 Å². The summed E-state index contributed by atoms with van der Waals surface area (Å²) in [5, 5.41) is 2.96. The molecule has 0 spiro atoms. The molecule has 2 rings (SSSR count). The fourth-order valence-electron chi connectivity index (χ4n) is 3.61. The zero-order valence-electron chi connectivity index (χ0n) is 21.4. The Bertz CT molecular complexity index is 1080. The molecule has 0 saturated heterocycles. The monoisotopic (exact) mass is 503 g/mol. The average molecular weight is 504 g/mol. The highest BCUT2D eigenvalue weighted by atomic mass is 32.2. The first-order chi connectivity index (χ1) is 16.5. The lowest BCUT2D eigenvalue weighted by molar-refractivity contribution is -0.140.